The van der Waals surface area contributed by atoms with Crippen LogP contribution < -0.4 is 5.32 Å². The highest BCUT2D eigenvalue weighted by Gasteiger charge is 2.28. The van der Waals surface area contributed by atoms with Crippen LogP contribution in [-0.4, -0.2) is 28.7 Å². The van der Waals surface area contributed by atoms with Gasteiger partial charge in [0, 0.05) is 11.3 Å². The monoisotopic (exact) mass is 229 g/mol. The number of rotatable bonds is 5. The van der Waals surface area contributed by atoms with Gasteiger partial charge in [0.05, 0.1) is 6.42 Å². The van der Waals surface area contributed by atoms with Crippen LogP contribution in [0.15, 0.2) is 0 Å². The highest BCUT2D eigenvalue weighted by molar-refractivity contribution is 7.99. The van der Waals surface area contributed by atoms with Crippen LogP contribution in [0.3, 0.4) is 0 Å². The summed E-state index contributed by atoms with van der Waals surface area (Å²) in [5, 5.41) is 3.51. The first kappa shape index (κ1) is 12.6. The van der Waals surface area contributed by atoms with Gasteiger partial charge in [-0.15, -0.1) is 0 Å². The molecule has 2 atom stereocenters. The average Bonchev–Trinajstić information content (AvgIpc) is 2.52. The predicted molar refractivity (Wildman–Crippen MR) is 63.0 cm³/mol. The number of amides is 1. The van der Waals surface area contributed by atoms with Gasteiger partial charge in [0.15, 0.2) is 0 Å². The molecule has 0 aromatic rings. The molecule has 3 nitrogen and oxygen atoms in total. The largest absolute Gasteiger partial charge is 0.352 e. The van der Waals surface area contributed by atoms with Crippen LogP contribution in [0.5, 0.6) is 0 Å². The summed E-state index contributed by atoms with van der Waals surface area (Å²) in [6.07, 6.45) is 3.45. The van der Waals surface area contributed by atoms with Crippen LogP contribution in [0.2, 0.25) is 0 Å². The van der Waals surface area contributed by atoms with Crippen molar-refractivity contribution < 1.29 is 9.59 Å². The molecule has 2 unspecified atom stereocenters. The Morgan fingerprint density at radius 3 is 2.73 bits per heavy atom. The average molecular weight is 229 g/mol. The second-order valence-electron chi connectivity index (χ2n) is 3.98. The Balaban J connectivity index is 2.36. The lowest BCUT2D eigenvalue weighted by Gasteiger charge is -2.19. The van der Waals surface area contributed by atoms with E-state index in [9.17, 15) is 9.59 Å². The Hall–Kier alpha value is -0.510. The maximum atomic E-state index is 11.4. The van der Waals surface area contributed by atoms with E-state index in [0.717, 1.165) is 12.2 Å². The third kappa shape index (κ3) is 4.24. The van der Waals surface area contributed by atoms with Crippen LogP contribution in [0, 0.1) is 0 Å². The van der Waals surface area contributed by atoms with E-state index in [-0.39, 0.29) is 24.2 Å². The maximum Gasteiger partial charge on any atom is 0.227 e. The molecule has 0 saturated heterocycles. The molecule has 0 heterocycles. The summed E-state index contributed by atoms with van der Waals surface area (Å²) < 4.78 is 0. The SMILES string of the molecule is CCSC1CCCC1NC(=O)CC(C)=O. The topological polar surface area (TPSA) is 46.2 Å². The van der Waals surface area contributed by atoms with Gasteiger partial charge in [-0.1, -0.05) is 13.3 Å². The summed E-state index contributed by atoms with van der Waals surface area (Å²) in [5.41, 5.74) is 0. The van der Waals surface area contributed by atoms with Crippen LogP contribution in [-0.2, 0) is 9.59 Å². The van der Waals surface area contributed by atoms with Gasteiger partial charge in [-0.25, -0.2) is 0 Å². The van der Waals surface area contributed by atoms with E-state index in [1.807, 2.05) is 11.8 Å². The van der Waals surface area contributed by atoms with Gasteiger partial charge < -0.3 is 5.32 Å². The standard InChI is InChI=1S/C11H19NO2S/c1-3-15-10-6-4-5-9(10)12-11(14)7-8(2)13/h9-10H,3-7H2,1-2H3,(H,12,14). The number of carbonyl (C=O) groups is 2. The molecular weight excluding hydrogens is 210 g/mol. The van der Waals surface area contributed by atoms with Crippen molar-refractivity contribution >= 4 is 23.5 Å². The van der Waals surface area contributed by atoms with Crippen molar-refractivity contribution in [3.63, 3.8) is 0 Å². The quantitative estimate of drug-likeness (QED) is 0.731. The molecule has 0 radical (unpaired) electrons. The first-order valence-electron chi connectivity index (χ1n) is 5.54. The molecule has 1 rings (SSSR count). The fraction of sp³-hybridized carbons (Fsp3) is 0.818. The van der Waals surface area contributed by atoms with Crippen molar-refractivity contribution in [2.45, 2.75) is 50.8 Å². The van der Waals surface area contributed by atoms with E-state index >= 15 is 0 Å². The van der Waals surface area contributed by atoms with Gasteiger partial charge in [-0.3, -0.25) is 9.59 Å². The number of thioether (sulfide) groups is 1. The van der Waals surface area contributed by atoms with Crippen molar-refractivity contribution in [2.75, 3.05) is 5.75 Å². The van der Waals surface area contributed by atoms with Crippen molar-refractivity contribution in [1.82, 2.24) is 5.32 Å². The number of hydrogen-bond acceptors (Lipinski definition) is 3. The summed E-state index contributed by atoms with van der Waals surface area (Å²) in [6, 6.07) is 0.279. The first-order chi connectivity index (χ1) is 7.13. The van der Waals surface area contributed by atoms with Crippen LogP contribution in [0.1, 0.15) is 39.5 Å². The molecule has 1 N–H and O–H groups in total. The highest BCUT2D eigenvalue weighted by Crippen LogP contribution is 2.29. The Bertz CT molecular complexity index is 243. The molecular formula is C11H19NO2S. The lowest BCUT2D eigenvalue weighted by atomic mass is 10.2. The minimum Gasteiger partial charge on any atom is -0.352 e. The summed E-state index contributed by atoms with van der Waals surface area (Å²) in [5.74, 6) is 0.908. The number of ketones is 1. The molecule has 1 saturated carbocycles. The van der Waals surface area contributed by atoms with Crippen molar-refractivity contribution in [1.29, 1.82) is 0 Å². The zero-order valence-corrected chi connectivity index (χ0v) is 10.2. The normalized spacial score (nSPS) is 25.2. The maximum absolute atomic E-state index is 11.4. The van der Waals surface area contributed by atoms with Gasteiger partial charge in [0.1, 0.15) is 5.78 Å². The van der Waals surface area contributed by atoms with Gasteiger partial charge >= 0.3 is 0 Å². The minimum absolute atomic E-state index is 0.0278. The summed E-state index contributed by atoms with van der Waals surface area (Å²) in [4.78, 5) is 22.2. The number of hydrogen-bond donors (Lipinski definition) is 1. The van der Waals surface area contributed by atoms with E-state index in [4.69, 9.17) is 0 Å². The van der Waals surface area contributed by atoms with Crippen molar-refractivity contribution in [3.8, 4) is 0 Å². The lowest BCUT2D eigenvalue weighted by Crippen LogP contribution is -2.39. The van der Waals surface area contributed by atoms with Crippen molar-refractivity contribution in [3.05, 3.63) is 0 Å². The summed E-state index contributed by atoms with van der Waals surface area (Å²) in [6.45, 7) is 3.59. The Morgan fingerprint density at radius 2 is 2.13 bits per heavy atom. The van der Waals surface area contributed by atoms with Crippen LogP contribution in [0.4, 0.5) is 0 Å². The fourth-order valence-electron chi connectivity index (χ4n) is 1.99. The van der Waals surface area contributed by atoms with Gasteiger partial charge in [-0.05, 0) is 25.5 Å². The summed E-state index contributed by atoms with van der Waals surface area (Å²) >= 11 is 1.91. The third-order valence-electron chi connectivity index (χ3n) is 2.59. The second kappa shape index (κ2) is 6.16. The molecule has 1 aliphatic rings. The van der Waals surface area contributed by atoms with E-state index in [1.165, 1.54) is 19.8 Å². The molecule has 0 bridgehead atoms. The molecule has 1 amide bonds. The summed E-state index contributed by atoms with van der Waals surface area (Å²) in [7, 11) is 0. The Morgan fingerprint density at radius 1 is 1.40 bits per heavy atom. The third-order valence-corrected chi connectivity index (χ3v) is 3.91. The first-order valence-corrected chi connectivity index (χ1v) is 6.58. The van der Waals surface area contributed by atoms with Gasteiger partial charge in [-0.2, -0.15) is 11.8 Å². The van der Waals surface area contributed by atoms with Gasteiger partial charge in [0.25, 0.3) is 0 Å². The number of Topliss-reactive ketones (excluding diaryl/α,β-unsaturated/α-hetero) is 1. The molecule has 0 aromatic heterocycles. The molecule has 1 fully saturated rings. The molecule has 0 spiro atoms. The molecule has 0 aliphatic heterocycles. The molecule has 1 aliphatic carbocycles. The number of carbonyl (C=O) groups excluding carboxylic acids is 2. The smallest absolute Gasteiger partial charge is 0.227 e. The van der Waals surface area contributed by atoms with E-state index in [1.54, 1.807) is 0 Å². The predicted octanol–water partition coefficient (Wildman–Crippen LogP) is 1.76. The zero-order chi connectivity index (χ0) is 11.3. The highest BCUT2D eigenvalue weighted by atomic mass is 32.2. The number of nitrogens with one attached hydrogen (secondary N) is 1. The fourth-order valence-corrected chi connectivity index (χ4v) is 3.19. The zero-order valence-electron chi connectivity index (χ0n) is 9.41. The molecule has 4 heteroatoms. The Labute approximate surface area is 95.4 Å². The molecule has 0 aromatic carbocycles. The second-order valence-corrected chi connectivity index (χ2v) is 5.49. The van der Waals surface area contributed by atoms with E-state index in [0.29, 0.717) is 5.25 Å². The van der Waals surface area contributed by atoms with Gasteiger partial charge in [0.2, 0.25) is 5.91 Å². The van der Waals surface area contributed by atoms with E-state index < -0.39 is 0 Å². The lowest BCUT2D eigenvalue weighted by molar-refractivity contribution is -0.127. The molecule has 15 heavy (non-hydrogen) atoms. The van der Waals surface area contributed by atoms with Crippen LogP contribution >= 0.6 is 11.8 Å². The van der Waals surface area contributed by atoms with Crippen LogP contribution in [0.25, 0.3) is 0 Å². The minimum atomic E-state index is -0.115. The Kier molecular flexibility index (Phi) is 5.15. The molecule has 86 valence electrons. The van der Waals surface area contributed by atoms with Crippen molar-refractivity contribution in [2.24, 2.45) is 0 Å². The van der Waals surface area contributed by atoms with E-state index in [2.05, 4.69) is 12.2 Å².